The number of halogens is 4. The molecule has 1 aromatic heterocycles. The summed E-state index contributed by atoms with van der Waals surface area (Å²) in [7, 11) is 0. The molecule has 2 aromatic rings. The first-order chi connectivity index (χ1) is 8.29. The van der Waals surface area contributed by atoms with Gasteiger partial charge in [0.05, 0.1) is 5.69 Å². The van der Waals surface area contributed by atoms with Gasteiger partial charge in [-0.1, -0.05) is 23.7 Å². The molecule has 0 unspecified atom stereocenters. The predicted octanol–water partition coefficient (Wildman–Crippen LogP) is 4.16. The molecule has 1 aromatic carbocycles. The molecule has 0 fully saturated rings. The number of nitrogens with zero attached hydrogens (tertiary/aromatic N) is 2. The Bertz CT molecular complexity index is 587. The third kappa shape index (κ3) is 2.36. The van der Waals surface area contributed by atoms with Crippen LogP contribution in [0.4, 0.5) is 13.2 Å². The van der Waals surface area contributed by atoms with Gasteiger partial charge in [0.15, 0.2) is 5.69 Å². The first-order valence-corrected chi connectivity index (χ1v) is 5.57. The molecule has 0 amide bonds. The first-order valence-electron chi connectivity index (χ1n) is 5.19. The maximum absolute atomic E-state index is 12.5. The Morgan fingerprint density at radius 2 is 1.83 bits per heavy atom. The van der Waals surface area contributed by atoms with Crippen molar-refractivity contribution >= 4 is 11.6 Å². The lowest BCUT2D eigenvalue weighted by Gasteiger charge is -2.08. The summed E-state index contributed by atoms with van der Waals surface area (Å²) in [5, 5.41) is 3.45. The maximum Gasteiger partial charge on any atom is 0.435 e. The monoisotopic (exact) mass is 274 g/mol. The van der Waals surface area contributed by atoms with Gasteiger partial charge >= 0.3 is 6.18 Å². The molecule has 18 heavy (non-hydrogen) atoms. The van der Waals surface area contributed by atoms with Crippen molar-refractivity contribution in [3.05, 3.63) is 46.2 Å². The van der Waals surface area contributed by atoms with Crippen LogP contribution in [0.2, 0.25) is 5.15 Å². The van der Waals surface area contributed by atoms with Gasteiger partial charge in [0.25, 0.3) is 0 Å². The highest BCUT2D eigenvalue weighted by molar-refractivity contribution is 6.29. The van der Waals surface area contributed by atoms with Crippen LogP contribution >= 0.6 is 11.6 Å². The van der Waals surface area contributed by atoms with Crippen molar-refractivity contribution in [1.82, 2.24) is 9.78 Å². The molecule has 1 heterocycles. The second kappa shape index (κ2) is 4.31. The van der Waals surface area contributed by atoms with Gasteiger partial charge in [-0.2, -0.15) is 18.3 Å². The molecule has 2 rings (SSSR count). The highest BCUT2D eigenvalue weighted by atomic mass is 35.5. The Hall–Kier alpha value is -1.49. The van der Waals surface area contributed by atoms with Crippen LogP contribution in [0, 0.1) is 13.8 Å². The van der Waals surface area contributed by atoms with Crippen LogP contribution in [0.15, 0.2) is 24.3 Å². The van der Waals surface area contributed by atoms with Gasteiger partial charge in [0, 0.05) is 6.07 Å². The summed E-state index contributed by atoms with van der Waals surface area (Å²) >= 11 is 5.81. The van der Waals surface area contributed by atoms with Crippen LogP contribution < -0.4 is 0 Å². The number of aromatic nitrogens is 2. The summed E-state index contributed by atoms with van der Waals surface area (Å²) in [6, 6.07) is 6.26. The minimum atomic E-state index is -4.49. The molecule has 0 aliphatic heterocycles. The third-order valence-corrected chi connectivity index (χ3v) is 2.82. The van der Waals surface area contributed by atoms with E-state index in [9.17, 15) is 13.2 Å². The van der Waals surface area contributed by atoms with Crippen LogP contribution in [0.3, 0.4) is 0 Å². The van der Waals surface area contributed by atoms with E-state index in [4.69, 9.17) is 11.6 Å². The lowest BCUT2D eigenvalue weighted by atomic mass is 10.1. The second-order valence-electron chi connectivity index (χ2n) is 4.05. The quantitative estimate of drug-likeness (QED) is 0.763. The average Bonchev–Trinajstić information content (AvgIpc) is 2.64. The van der Waals surface area contributed by atoms with E-state index in [1.807, 2.05) is 19.1 Å². The van der Waals surface area contributed by atoms with E-state index in [-0.39, 0.29) is 5.15 Å². The van der Waals surface area contributed by atoms with Gasteiger partial charge in [-0.3, -0.25) is 0 Å². The van der Waals surface area contributed by atoms with Crippen molar-refractivity contribution in [2.24, 2.45) is 0 Å². The van der Waals surface area contributed by atoms with Crippen molar-refractivity contribution in [2.75, 3.05) is 0 Å². The number of hydrogen-bond donors (Lipinski definition) is 0. The molecule has 0 aliphatic carbocycles. The van der Waals surface area contributed by atoms with Crippen LogP contribution in [-0.4, -0.2) is 9.78 Å². The minimum absolute atomic E-state index is 0.0592. The number of benzene rings is 1. The van der Waals surface area contributed by atoms with Crippen molar-refractivity contribution < 1.29 is 13.2 Å². The van der Waals surface area contributed by atoms with Gasteiger partial charge in [0.2, 0.25) is 0 Å². The summed E-state index contributed by atoms with van der Waals surface area (Å²) in [6.07, 6.45) is -4.49. The molecule has 0 radical (unpaired) electrons. The predicted molar refractivity (Wildman–Crippen MR) is 63.1 cm³/mol. The number of alkyl halides is 3. The molecule has 0 bridgehead atoms. The van der Waals surface area contributed by atoms with Crippen molar-refractivity contribution in [1.29, 1.82) is 0 Å². The molecule has 0 saturated heterocycles. The second-order valence-corrected chi connectivity index (χ2v) is 4.44. The smallest absolute Gasteiger partial charge is 0.221 e. The molecule has 0 atom stereocenters. The zero-order valence-corrected chi connectivity index (χ0v) is 10.5. The van der Waals surface area contributed by atoms with Gasteiger partial charge in [-0.15, -0.1) is 0 Å². The lowest BCUT2D eigenvalue weighted by Crippen LogP contribution is -2.08. The summed E-state index contributed by atoms with van der Waals surface area (Å²) in [5.41, 5.74) is 1.29. The van der Waals surface area contributed by atoms with Crippen LogP contribution in [0.5, 0.6) is 0 Å². The summed E-state index contributed by atoms with van der Waals surface area (Å²) in [5.74, 6) is 0. The Balaban J connectivity index is 2.58. The fraction of sp³-hybridized carbons (Fsp3) is 0.250. The highest BCUT2D eigenvalue weighted by Gasteiger charge is 2.35. The molecule has 2 nitrogen and oxygen atoms in total. The van der Waals surface area contributed by atoms with E-state index < -0.39 is 11.9 Å². The van der Waals surface area contributed by atoms with Gasteiger partial charge in [0.1, 0.15) is 5.15 Å². The molecule has 0 spiro atoms. The van der Waals surface area contributed by atoms with Crippen molar-refractivity contribution in [3.63, 3.8) is 0 Å². The van der Waals surface area contributed by atoms with E-state index >= 15 is 0 Å². The molecule has 0 N–H and O–H groups in total. The molecule has 6 heteroatoms. The topological polar surface area (TPSA) is 17.8 Å². The fourth-order valence-electron chi connectivity index (χ4n) is 1.61. The van der Waals surface area contributed by atoms with E-state index in [0.717, 1.165) is 21.9 Å². The van der Waals surface area contributed by atoms with Gasteiger partial charge < -0.3 is 0 Å². The van der Waals surface area contributed by atoms with Crippen LogP contribution in [0.1, 0.15) is 16.8 Å². The maximum atomic E-state index is 12.5. The zero-order valence-electron chi connectivity index (χ0n) is 9.72. The lowest BCUT2D eigenvalue weighted by molar-refractivity contribution is -0.141. The largest absolute Gasteiger partial charge is 0.435 e. The molecule has 96 valence electrons. The van der Waals surface area contributed by atoms with Gasteiger partial charge in [-0.25, -0.2) is 4.68 Å². The minimum Gasteiger partial charge on any atom is -0.221 e. The Kier molecular flexibility index (Phi) is 3.11. The first kappa shape index (κ1) is 13.0. The van der Waals surface area contributed by atoms with E-state index in [2.05, 4.69) is 5.10 Å². The molecular weight excluding hydrogens is 265 g/mol. The number of aryl methyl sites for hydroxylation is 2. The number of rotatable bonds is 1. The standard InChI is InChI=1S/C12H10ClF3N2/c1-7-3-4-8(2)9(5-7)18-11(13)6-10(17-18)12(14,15)16/h3-6H,1-2H3. The zero-order chi connectivity index (χ0) is 13.5. The highest BCUT2D eigenvalue weighted by Crippen LogP contribution is 2.31. The Morgan fingerprint density at radius 3 is 2.39 bits per heavy atom. The summed E-state index contributed by atoms with van der Waals surface area (Å²) in [4.78, 5) is 0. The van der Waals surface area contributed by atoms with Crippen LogP contribution in [0.25, 0.3) is 5.69 Å². The molecule has 0 saturated carbocycles. The Morgan fingerprint density at radius 1 is 1.17 bits per heavy atom. The number of hydrogen-bond acceptors (Lipinski definition) is 1. The van der Waals surface area contributed by atoms with E-state index in [1.54, 1.807) is 13.0 Å². The van der Waals surface area contributed by atoms with Crippen LogP contribution in [-0.2, 0) is 6.18 Å². The van der Waals surface area contributed by atoms with E-state index in [1.165, 1.54) is 0 Å². The summed E-state index contributed by atoms with van der Waals surface area (Å²) in [6.45, 7) is 3.64. The third-order valence-electron chi connectivity index (χ3n) is 2.55. The SMILES string of the molecule is Cc1ccc(C)c(-n2nc(C(F)(F)F)cc2Cl)c1. The molecular formula is C12H10ClF3N2. The van der Waals surface area contributed by atoms with Crippen molar-refractivity contribution in [2.45, 2.75) is 20.0 Å². The van der Waals surface area contributed by atoms with E-state index in [0.29, 0.717) is 5.69 Å². The van der Waals surface area contributed by atoms with Gasteiger partial charge in [-0.05, 0) is 31.0 Å². The average molecular weight is 275 g/mol. The Labute approximate surface area is 107 Å². The van der Waals surface area contributed by atoms with Crippen molar-refractivity contribution in [3.8, 4) is 5.69 Å². The summed E-state index contributed by atoms with van der Waals surface area (Å²) < 4.78 is 38.7. The normalized spacial score (nSPS) is 11.9. The molecule has 0 aliphatic rings. The fourth-order valence-corrected chi connectivity index (χ4v) is 1.85.